The lowest BCUT2D eigenvalue weighted by molar-refractivity contribution is 0.267. The highest BCUT2D eigenvalue weighted by Crippen LogP contribution is 2.15. The van der Waals surface area contributed by atoms with Crippen LogP contribution < -0.4 is 15.5 Å². The van der Waals surface area contributed by atoms with Crippen LogP contribution in [0.15, 0.2) is 35.3 Å². The lowest BCUT2D eigenvalue weighted by Crippen LogP contribution is -2.45. The second-order valence-corrected chi connectivity index (χ2v) is 8.23. The van der Waals surface area contributed by atoms with E-state index >= 15 is 0 Å². The van der Waals surface area contributed by atoms with Crippen LogP contribution in [0.5, 0.6) is 0 Å². The van der Waals surface area contributed by atoms with Crippen LogP contribution in [0.2, 0.25) is 0 Å². The Labute approximate surface area is 186 Å². The molecule has 0 amide bonds. The van der Waals surface area contributed by atoms with Gasteiger partial charge in [-0.1, -0.05) is 25.1 Å². The van der Waals surface area contributed by atoms with Crippen LogP contribution in [-0.2, 0) is 13.6 Å². The van der Waals surface area contributed by atoms with Gasteiger partial charge in [-0.2, -0.15) is 0 Å². The Morgan fingerprint density at radius 2 is 2.03 bits per heavy atom. The Morgan fingerprint density at radius 1 is 1.23 bits per heavy atom. The van der Waals surface area contributed by atoms with Crippen molar-refractivity contribution in [3.05, 3.63) is 42.0 Å². The van der Waals surface area contributed by atoms with E-state index in [1.54, 1.807) is 0 Å². The highest BCUT2D eigenvalue weighted by molar-refractivity contribution is 5.79. The summed E-state index contributed by atoms with van der Waals surface area (Å²) in [5, 5.41) is 15.5. The van der Waals surface area contributed by atoms with Crippen LogP contribution in [0, 0.1) is 6.92 Å². The number of para-hydroxylation sites is 1. The van der Waals surface area contributed by atoms with Gasteiger partial charge in [0.25, 0.3) is 0 Å². The minimum Gasteiger partial charge on any atom is -0.375 e. The first-order valence-electron chi connectivity index (χ1n) is 11.5. The van der Waals surface area contributed by atoms with Crippen molar-refractivity contribution in [2.24, 2.45) is 12.0 Å². The maximum absolute atomic E-state index is 4.79. The normalized spacial score (nSPS) is 17.2. The molecule has 1 aliphatic rings. The second-order valence-electron chi connectivity index (χ2n) is 8.23. The lowest BCUT2D eigenvalue weighted by atomic mass is 10.2. The smallest absolute Gasteiger partial charge is 0.191 e. The van der Waals surface area contributed by atoms with Crippen molar-refractivity contribution in [3.8, 4) is 0 Å². The molecule has 8 nitrogen and oxygen atoms in total. The number of nitrogens with zero attached hydrogens (tertiary/aromatic N) is 6. The molecule has 31 heavy (non-hydrogen) atoms. The molecule has 1 atom stereocenters. The number of aromatic nitrogens is 3. The van der Waals surface area contributed by atoms with Gasteiger partial charge < -0.3 is 20.1 Å². The van der Waals surface area contributed by atoms with Gasteiger partial charge in [0.1, 0.15) is 12.4 Å². The number of hydrogen-bond acceptors (Lipinski definition) is 5. The topological polar surface area (TPSA) is 73.6 Å². The molecule has 0 bridgehead atoms. The predicted octanol–water partition coefficient (Wildman–Crippen LogP) is 2.17. The number of anilines is 1. The maximum atomic E-state index is 4.79. The minimum absolute atomic E-state index is 0.513. The van der Waals surface area contributed by atoms with E-state index in [0.717, 1.165) is 50.2 Å². The van der Waals surface area contributed by atoms with E-state index < -0.39 is 0 Å². The summed E-state index contributed by atoms with van der Waals surface area (Å²) in [4.78, 5) is 9.62. The van der Waals surface area contributed by atoms with Gasteiger partial charge in [0, 0.05) is 45.5 Å². The highest BCUT2D eigenvalue weighted by atomic mass is 15.3. The molecule has 1 fully saturated rings. The van der Waals surface area contributed by atoms with E-state index in [9.17, 15) is 0 Å². The summed E-state index contributed by atoms with van der Waals surface area (Å²) in [6, 6.07) is 11.1. The largest absolute Gasteiger partial charge is 0.375 e. The molecular formula is C23H38N8. The summed E-state index contributed by atoms with van der Waals surface area (Å²) in [6.07, 6.45) is 3.56. The van der Waals surface area contributed by atoms with Gasteiger partial charge in [-0.15, -0.1) is 10.2 Å². The average molecular weight is 427 g/mol. The van der Waals surface area contributed by atoms with Crippen LogP contribution in [0.4, 0.5) is 5.69 Å². The molecular weight excluding hydrogens is 388 g/mol. The number of likely N-dealkylation sites (N-methyl/N-ethyl adjacent to an activating group) is 1. The fraction of sp³-hybridized carbons (Fsp3) is 0.609. The fourth-order valence-electron chi connectivity index (χ4n) is 4.00. The van der Waals surface area contributed by atoms with Crippen molar-refractivity contribution in [3.63, 3.8) is 0 Å². The van der Waals surface area contributed by atoms with Crippen LogP contribution in [0.25, 0.3) is 0 Å². The zero-order valence-electron chi connectivity index (χ0n) is 19.5. The molecule has 0 aliphatic carbocycles. The number of aliphatic imine (C=N–C) groups is 1. The summed E-state index contributed by atoms with van der Waals surface area (Å²) in [6.45, 7) is 9.79. The SMILES string of the molecule is CCN1CCCC1CNC(=NCc1nnc(C)n1C)NCCCN(C)c1ccccc1. The average Bonchev–Trinajstić information content (AvgIpc) is 3.39. The first-order valence-corrected chi connectivity index (χ1v) is 11.5. The highest BCUT2D eigenvalue weighted by Gasteiger charge is 2.22. The fourth-order valence-corrected chi connectivity index (χ4v) is 4.00. The number of nitrogens with one attached hydrogen (secondary N) is 2. The molecule has 1 aliphatic heterocycles. The van der Waals surface area contributed by atoms with Crippen LogP contribution in [0.1, 0.15) is 37.8 Å². The van der Waals surface area contributed by atoms with Gasteiger partial charge in [-0.25, -0.2) is 4.99 Å². The van der Waals surface area contributed by atoms with Gasteiger partial charge in [0.05, 0.1) is 0 Å². The molecule has 0 saturated carbocycles. The Balaban J connectivity index is 1.53. The minimum atomic E-state index is 0.513. The Morgan fingerprint density at radius 3 is 2.74 bits per heavy atom. The van der Waals surface area contributed by atoms with Gasteiger partial charge in [0.15, 0.2) is 11.8 Å². The number of likely N-dealkylation sites (tertiary alicyclic amines) is 1. The van der Waals surface area contributed by atoms with Gasteiger partial charge >= 0.3 is 0 Å². The van der Waals surface area contributed by atoms with Crippen molar-refractivity contribution in [1.29, 1.82) is 0 Å². The lowest BCUT2D eigenvalue weighted by Gasteiger charge is -2.24. The molecule has 1 unspecified atom stereocenters. The van der Waals surface area contributed by atoms with Gasteiger partial charge in [0.2, 0.25) is 0 Å². The first-order chi connectivity index (χ1) is 15.1. The van der Waals surface area contributed by atoms with E-state index in [2.05, 4.69) is 74.9 Å². The molecule has 2 heterocycles. The molecule has 2 aromatic rings. The molecule has 0 spiro atoms. The number of hydrogen-bond donors (Lipinski definition) is 2. The Kier molecular flexibility index (Phi) is 8.70. The van der Waals surface area contributed by atoms with Gasteiger partial charge in [-0.3, -0.25) is 4.90 Å². The Bertz CT molecular complexity index is 816. The second kappa shape index (κ2) is 11.7. The quantitative estimate of drug-likeness (QED) is 0.345. The van der Waals surface area contributed by atoms with Crippen molar-refractivity contribution in [1.82, 2.24) is 30.3 Å². The van der Waals surface area contributed by atoms with E-state index in [0.29, 0.717) is 12.6 Å². The standard InChI is InChI=1S/C23H38N8/c1-5-31-16-9-13-21(31)17-25-23(26-18-22-28-27-19(2)30(22)4)24-14-10-15-29(3)20-11-7-6-8-12-20/h6-8,11-12,21H,5,9-10,13-18H2,1-4H3,(H2,24,25,26). The molecule has 1 aromatic carbocycles. The summed E-state index contributed by atoms with van der Waals surface area (Å²) >= 11 is 0. The summed E-state index contributed by atoms with van der Waals surface area (Å²) in [5.74, 6) is 2.63. The van der Waals surface area contributed by atoms with E-state index in [-0.39, 0.29) is 0 Å². The first kappa shape index (κ1) is 23.1. The summed E-state index contributed by atoms with van der Waals surface area (Å²) in [5.41, 5.74) is 1.24. The van der Waals surface area contributed by atoms with Crippen molar-refractivity contribution < 1.29 is 0 Å². The van der Waals surface area contributed by atoms with E-state index in [1.807, 2.05) is 18.5 Å². The molecule has 1 aromatic heterocycles. The summed E-state index contributed by atoms with van der Waals surface area (Å²) in [7, 11) is 4.12. The number of benzene rings is 1. The molecule has 1 saturated heterocycles. The number of guanidine groups is 1. The molecule has 2 N–H and O–H groups in total. The zero-order valence-corrected chi connectivity index (χ0v) is 19.5. The van der Waals surface area contributed by atoms with Crippen LogP contribution in [-0.4, -0.2) is 71.4 Å². The van der Waals surface area contributed by atoms with E-state index in [1.165, 1.54) is 25.1 Å². The van der Waals surface area contributed by atoms with E-state index in [4.69, 9.17) is 4.99 Å². The molecule has 0 radical (unpaired) electrons. The zero-order chi connectivity index (χ0) is 22.1. The van der Waals surface area contributed by atoms with Gasteiger partial charge in [-0.05, 0) is 51.4 Å². The van der Waals surface area contributed by atoms with Crippen molar-refractivity contribution >= 4 is 11.6 Å². The third-order valence-corrected chi connectivity index (χ3v) is 6.13. The monoisotopic (exact) mass is 426 g/mol. The maximum Gasteiger partial charge on any atom is 0.191 e. The van der Waals surface area contributed by atoms with Crippen LogP contribution in [0.3, 0.4) is 0 Å². The number of rotatable bonds is 10. The van der Waals surface area contributed by atoms with Crippen molar-refractivity contribution in [2.45, 2.75) is 45.7 Å². The molecule has 170 valence electrons. The van der Waals surface area contributed by atoms with Crippen molar-refractivity contribution in [2.75, 3.05) is 44.7 Å². The number of aryl methyl sites for hydroxylation is 1. The third kappa shape index (κ3) is 6.69. The summed E-state index contributed by atoms with van der Waals surface area (Å²) < 4.78 is 1.99. The predicted molar refractivity (Wildman–Crippen MR) is 127 cm³/mol. The molecule has 8 heteroatoms. The third-order valence-electron chi connectivity index (χ3n) is 6.13. The molecule has 3 rings (SSSR count). The van der Waals surface area contributed by atoms with Crippen LogP contribution >= 0.6 is 0 Å². The Hall–Kier alpha value is -2.61.